The van der Waals surface area contributed by atoms with Crippen LogP contribution in [0.1, 0.15) is 0 Å². The molecule has 11 rings (SSSR count). The van der Waals surface area contributed by atoms with E-state index in [-0.39, 0.29) is 0 Å². The summed E-state index contributed by atoms with van der Waals surface area (Å²) >= 11 is 1.90. The van der Waals surface area contributed by atoms with E-state index in [0.717, 1.165) is 0 Å². The zero-order valence-electron chi connectivity index (χ0n) is 26.6. The van der Waals surface area contributed by atoms with Gasteiger partial charge in [-0.25, -0.2) is 0 Å². The summed E-state index contributed by atoms with van der Waals surface area (Å²) in [5, 5.41) is 18.3. The molecule has 1 aromatic heterocycles. The predicted molar refractivity (Wildman–Crippen MR) is 215 cm³/mol. The van der Waals surface area contributed by atoms with E-state index in [2.05, 4.69) is 170 Å². The molecule has 0 nitrogen and oxygen atoms in total. The van der Waals surface area contributed by atoms with Gasteiger partial charge in [0, 0.05) is 20.2 Å². The quantitative estimate of drug-likeness (QED) is 0.131. The first-order valence-electron chi connectivity index (χ1n) is 16.9. The van der Waals surface area contributed by atoms with Gasteiger partial charge in [-0.05, 0) is 105 Å². The average Bonchev–Trinajstić information content (AvgIpc) is 3.55. The minimum atomic E-state index is 1.26. The second kappa shape index (κ2) is 10.2. The Morgan fingerprint density at radius 2 is 0.776 bits per heavy atom. The summed E-state index contributed by atoms with van der Waals surface area (Å²) in [4.78, 5) is 0. The van der Waals surface area contributed by atoms with Crippen LogP contribution in [0.3, 0.4) is 0 Å². The van der Waals surface area contributed by atoms with Crippen LogP contribution in [0.25, 0.3) is 107 Å². The Kier molecular flexibility index (Phi) is 5.64. The topological polar surface area (TPSA) is 0 Å². The molecule has 1 heteroatoms. The summed E-state index contributed by atoms with van der Waals surface area (Å²) in [6, 6.07) is 63.2. The Labute approximate surface area is 287 Å². The summed E-state index contributed by atoms with van der Waals surface area (Å²) in [5.74, 6) is 0. The molecule has 0 amide bonds. The zero-order chi connectivity index (χ0) is 32.1. The van der Waals surface area contributed by atoms with Crippen LogP contribution in [-0.4, -0.2) is 0 Å². The number of hydrogen-bond acceptors (Lipinski definition) is 1. The number of hydrogen-bond donors (Lipinski definition) is 0. The molecule has 0 aliphatic carbocycles. The van der Waals surface area contributed by atoms with Crippen molar-refractivity contribution < 1.29 is 0 Å². The number of rotatable bonds is 2. The lowest BCUT2D eigenvalue weighted by Crippen LogP contribution is -1.91. The van der Waals surface area contributed by atoms with E-state index >= 15 is 0 Å². The van der Waals surface area contributed by atoms with Crippen LogP contribution in [0, 0.1) is 0 Å². The molecule has 226 valence electrons. The maximum Gasteiger partial charge on any atom is 0.0362 e. The van der Waals surface area contributed by atoms with Gasteiger partial charge in [-0.2, -0.15) is 0 Å². The first-order chi connectivity index (χ1) is 24.3. The molecule has 11 aromatic rings. The van der Waals surface area contributed by atoms with Crippen molar-refractivity contribution in [3.05, 3.63) is 170 Å². The summed E-state index contributed by atoms with van der Waals surface area (Å²) in [6.45, 7) is 0. The van der Waals surface area contributed by atoms with Gasteiger partial charge in [0.15, 0.2) is 0 Å². The second-order valence-corrected chi connectivity index (χ2v) is 14.2. The normalized spacial score (nSPS) is 12.1. The highest BCUT2D eigenvalue weighted by molar-refractivity contribution is 7.26. The summed E-state index contributed by atoms with van der Waals surface area (Å²) in [7, 11) is 0. The highest BCUT2D eigenvalue weighted by Crippen LogP contribution is 2.48. The fraction of sp³-hybridized carbons (Fsp3) is 0. The van der Waals surface area contributed by atoms with Crippen molar-refractivity contribution in [2.24, 2.45) is 0 Å². The van der Waals surface area contributed by atoms with Crippen LogP contribution in [0.4, 0.5) is 0 Å². The summed E-state index contributed by atoms with van der Waals surface area (Å²) in [6.07, 6.45) is 0. The lowest BCUT2D eigenvalue weighted by Gasteiger charge is -2.19. The molecule has 49 heavy (non-hydrogen) atoms. The van der Waals surface area contributed by atoms with Gasteiger partial charge >= 0.3 is 0 Å². The molecule has 1 heterocycles. The molecule has 0 saturated carbocycles. The second-order valence-electron chi connectivity index (χ2n) is 13.1. The Morgan fingerprint density at radius 3 is 1.45 bits per heavy atom. The SMILES string of the molecule is c1ccc2c(-c3c4ccccc4c(-c4ccc5sc6ccc7c8ccccc8c8ccccc8c7c6c5c4)c4ccccc34)cccc2c1. The Hall–Kier alpha value is -6.02. The van der Waals surface area contributed by atoms with Gasteiger partial charge in [0.05, 0.1) is 0 Å². The fourth-order valence-corrected chi connectivity index (χ4v) is 9.68. The van der Waals surface area contributed by atoms with E-state index in [1.807, 2.05) is 11.3 Å². The minimum Gasteiger partial charge on any atom is -0.135 e. The largest absolute Gasteiger partial charge is 0.135 e. The molecule has 0 unspecified atom stereocenters. The van der Waals surface area contributed by atoms with Gasteiger partial charge in [0.25, 0.3) is 0 Å². The van der Waals surface area contributed by atoms with Gasteiger partial charge < -0.3 is 0 Å². The molecule has 0 atom stereocenters. The molecule has 0 spiro atoms. The highest BCUT2D eigenvalue weighted by Gasteiger charge is 2.20. The van der Waals surface area contributed by atoms with Crippen molar-refractivity contribution in [2.75, 3.05) is 0 Å². The monoisotopic (exact) mass is 636 g/mol. The van der Waals surface area contributed by atoms with Gasteiger partial charge in [0.1, 0.15) is 0 Å². The van der Waals surface area contributed by atoms with Crippen molar-refractivity contribution in [1.29, 1.82) is 0 Å². The van der Waals surface area contributed by atoms with E-state index < -0.39 is 0 Å². The maximum atomic E-state index is 2.48. The van der Waals surface area contributed by atoms with Gasteiger partial charge in [-0.15, -0.1) is 11.3 Å². The predicted octanol–water partition coefficient (Wildman–Crippen LogP) is 14.3. The smallest absolute Gasteiger partial charge is 0.0362 e. The lowest BCUT2D eigenvalue weighted by atomic mass is 9.84. The fourth-order valence-electron chi connectivity index (χ4n) is 8.59. The van der Waals surface area contributed by atoms with E-state index in [1.54, 1.807) is 0 Å². The van der Waals surface area contributed by atoms with Crippen LogP contribution in [0.15, 0.2) is 170 Å². The zero-order valence-corrected chi connectivity index (χ0v) is 27.4. The molecule has 0 radical (unpaired) electrons. The van der Waals surface area contributed by atoms with Gasteiger partial charge in [-0.3, -0.25) is 0 Å². The van der Waals surface area contributed by atoms with E-state index in [1.165, 1.54) is 107 Å². The lowest BCUT2D eigenvalue weighted by molar-refractivity contribution is 1.69. The van der Waals surface area contributed by atoms with Gasteiger partial charge in [0.2, 0.25) is 0 Å². The Bertz CT molecular complexity index is 3060. The Morgan fingerprint density at radius 1 is 0.286 bits per heavy atom. The van der Waals surface area contributed by atoms with E-state index in [4.69, 9.17) is 0 Å². The molecule has 0 bridgehead atoms. The maximum absolute atomic E-state index is 2.48. The van der Waals surface area contributed by atoms with Crippen LogP contribution >= 0.6 is 11.3 Å². The molecule has 0 saturated heterocycles. The van der Waals surface area contributed by atoms with E-state index in [9.17, 15) is 0 Å². The van der Waals surface area contributed by atoms with Crippen molar-refractivity contribution in [1.82, 2.24) is 0 Å². The van der Waals surface area contributed by atoms with Crippen molar-refractivity contribution >= 4 is 96.1 Å². The van der Waals surface area contributed by atoms with Gasteiger partial charge in [-0.1, -0.05) is 152 Å². The third-order valence-corrected chi connectivity index (χ3v) is 11.8. The molecule has 10 aromatic carbocycles. The van der Waals surface area contributed by atoms with Crippen molar-refractivity contribution in [3.63, 3.8) is 0 Å². The molecular weight excluding hydrogens is 609 g/mol. The highest BCUT2D eigenvalue weighted by atomic mass is 32.1. The van der Waals surface area contributed by atoms with Crippen molar-refractivity contribution in [3.8, 4) is 22.3 Å². The van der Waals surface area contributed by atoms with Crippen LogP contribution in [0.2, 0.25) is 0 Å². The van der Waals surface area contributed by atoms with Crippen molar-refractivity contribution in [2.45, 2.75) is 0 Å². The molecule has 0 fully saturated rings. The van der Waals surface area contributed by atoms with Crippen LogP contribution in [0.5, 0.6) is 0 Å². The minimum absolute atomic E-state index is 1.26. The van der Waals surface area contributed by atoms with E-state index in [0.29, 0.717) is 0 Å². The molecule has 0 aliphatic rings. The first kappa shape index (κ1) is 27.0. The third-order valence-electron chi connectivity index (χ3n) is 10.6. The standard InChI is InChI=1S/C48H28S/c1-2-14-31-29(12-1)13-11-23-35(31)46-39-21-9-7-19-37(39)45(38-20-8-10-22-40(38)46)30-24-26-43-42(28-30)48-44(49-43)27-25-41-34-17-4-3-15-32(34)33-16-5-6-18-36(33)47(41)48/h1-28H. The molecular formula is C48H28S. The van der Waals surface area contributed by atoms with Crippen LogP contribution < -0.4 is 0 Å². The van der Waals surface area contributed by atoms with Crippen LogP contribution in [-0.2, 0) is 0 Å². The number of fused-ring (bicyclic) bond motifs is 13. The Balaban J connectivity index is 1.27. The summed E-state index contributed by atoms with van der Waals surface area (Å²) in [5.41, 5.74) is 5.14. The number of thiophene rings is 1. The summed E-state index contributed by atoms with van der Waals surface area (Å²) < 4.78 is 2.66. The third kappa shape index (κ3) is 3.79. The molecule has 0 N–H and O–H groups in total. The molecule has 0 aliphatic heterocycles. The first-order valence-corrected chi connectivity index (χ1v) is 17.8. The number of benzene rings is 10. The average molecular weight is 637 g/mol.